The highest BCUT2D eigenvalue weighted by atomic mass is 32.2. The summed E-state index contributed by atoms with van der Waals surface area (Å²) in [7, 11) is -1.97. The summed E-state index contributed by atoms with van der Waals surface area (Å²) in [5, 5.41) is 0.761. The number of pyridine rings is 1. The molecule has 6 nitrogen and oxygen atoms in total. The number of fused-ring (bicyclic) bond motifs is 4. The fraction of sp³-hybridized carbons (Fsp3) is 0.333. The lowest BCUT2D eigenvalue weighted by molar-refractivity contribution is -0.124. The van der Waals surface area contributed by atoms with Gasteiger partial charge in [0.1, 0.15) is 0 Å². The average molecular weight is 395 g/mol. The van der Waals surface area contributed by atoms with Gasteiger partial charge >= 0.3 is 0 Å². The second kappa shape index (κ2) is 5.91. The van der Waals surface area contributed by atoms with E-state index in [2.05, 4.69) is 4.98 Å². The molecule has 1 saturated carbocycles. The van der Waals surface area contributed by atoms with Crippen molar-refractivity contribution in [1.29, 1.82) is 0 Å². The van der Waals surface area contributed by atoms with Crippen LogP contribution in [0.2, 0.25) is 0 Å². The van der Waals surface area contributed by atoms with E-state index in [0.717, 1.165) is 48.7 Å². The lowest BCUT2D eigenvalue weighted by atomic mass is 9.69. The van der Waals surface area contributed by atoms with E-state index in [0.29, 0.717) is 5.65 Å². The molecule has 2 aliphatic rings. The zero-order valence-electron chi connectivity index (χ0n) is 15.6. The molecule has 5 rings (SSSR count). The summed E-state index contributed by atoms with van der Waals surface area (Å²) < 4.78 is 27.5. The molecule has 1 fully saturated rings. The monoisotopic (exact) mass is 395 g/mol. The molecule has 1 aromatic carbocycles. The summed E-state index contributed by atoms with van der Waals surface area (Å²) in [6.45, 7) is 0. The minimum absolute atomic E-state index is 0.107. The normalized spacial score (nSPS) is 18.8. The van der Waals surface area contributed by atoms with Crippen LogP contribution in [0.1, 0.15) is 37.7 Å². The number of carbonyl (C=O) groups excluding carboxylic acids is 1. The fourth-order valence-corrected chi connectivity index (χ4v) is 6.19. The Morgan fingerprint density at radius 2 is 1.75 bits per heavy atom. The largest absolute Gasteiger partial charge is 0.313 e. The van der Waals surface area contributed by atoms with Crippen LogP contribution in [-0.4, -0.2) is 30.3 Å². The Morgan fingerprint density at radius 3 is 2.46 bits per heavy atom. The van der Waals surface area contributed by atoms with Gasteiger partial charge in [0.25, 0.3) is 10.0 Å². The molecule has 0 bridgehead atoms. The summed E-state index contributed by atoms with van der Waals surface area (Å²) in [4.78, 5) is 19.5. The van der Waals surface area contributed by atoms with Gasteiger partial charge in [-0.2, -0.15) is 0 Å². The average Bonchev–Trinajstić information content (AvgIpc) is 3.25. The summed E-state index contributed by atoms with van der Waals surface area (Å²) in [5.41, 5.74) is 1.59. The fourth-order valence-electron chi connectivity index (χ4n) is 4.87. The Bertz CT molecular complexity index is 1190. The van der Waals surface area contributed by atoms with Crippen LogP contribution in [0.15, 0.2) is 53.7 Å². The quantitative estimate of drug-likeness (QED) is 0.666. The predicted octanol–water partition coefficient (Wildman–Crippen LogP) is 3.45. The standard InChI is InChI=1S/C21H21N3O3S/c1-23-17-14-22-19-16(18(17)21(20(23)25)11-6-3-7-12-21)10-13-24(19)28(26,27)15-8-4-2-5-9-15/h2,4-5,8-10,13-14H,3,6-7,11-12H2,1H3. The van der Waals surface area contributed by atoms with E-state index in [1.54, 1.807) is 60.7 Å². The first-order chi connectivity index (χ1) is 13.5. The van der Waals surface area contributed by atoms with Crippen molar-refractivity contribution in [2.24, 2.45) is 0 Å². The third-order valence-electron chi connectivity index (χ3n) is 6.22. The third kappa shape index (κ3) is 2.16. The number of nitrogens with zero attached hydrogens (tertiary/aromatic N) is 3. The molecule has 3 aromatic rings. The van der Waals surface area contributed by atoms with E-state index in [1.165, 1.54) is 3.97 Å². The zero-order chi connectivity index (χ0) is 19.5. The molecule has 2 aromatic heterocycles. The van der Waals surface area contributed by atoms with Crippen molar-refractivity contribution in [2.45, 2.75) is 42.4 Å². The van der Waals surface area contributed by atoms with Crippen LogP contribution in [0.5, 0.6) is 0 Å². The van der Waals surface area contributed by atoms with E-state index >= 15 is 0 Å². The van der Waals surface area contributed by atoms with Crippen LogP contribution in [-0.2, 0) is 20.2 Å². The molecule has 7 heteroatoms. The predicted molar refractivity (Wildman–Crippen MR) is 107 cm³/mol. The number of anilines is 1. The van der Waals surface area contributed by atoms with Crippen LogP contribution in [0.3, 0.4) is 0 Å². The Morgan fingerprint density at radius 1 is 1.04 bits per heavy atom. The van der Waals surface area contributed by atoms with Crippen molar-refractivity contribution in [1.82, 2.24) is 8.96 Å². The van der Waals surface area contributed by atoms with Crippen molar-refractivity contribution in [3.05, 3.63) is 54.4 Å². The highest BCUT2D eigenvalue weighted by molar-refractivity contribution is 7.90. The summed E-state index contributed by atoms with van der Waals surface area (Å²) in [6.07, 6.45) is 7.96. The minimum Gasteiger partial charge on any atom is -0.313 e. The molecule has 0 atom stereocenters. The van der Waals surface area contributed by atoms with Crippen molar-refractivity contribution >= 4 is 32.7 Å². The van der Waals surface area contributed by atoms with Crippen LogP contribution in [0.25, 0.3) is 11.0 Å². The summed E-state index contributed by atoms with van der Waals surface area (Å²) >= 11 is 0. The highest BCUT2D eigenvalue weighted by Gasteiger charge is 2.51. The molecule has 0 unspecified atom stereocenters. The summed E-state index contributed by atoms with van der Waals surface area (Å²) in [6, 6.07) is 10.1. The van der Waals surface area contributed by atoms with Gasteiger partial charge < -0.3 is 4.90 Å². The van der Waals surface area contributed by atoms with Gasteiger partial charge in [-0.15, -0.1) is 0 Å². The van der Waals surface area contributed by atoms with E-state index < -0.39 is 15.4 Å². The molecular weight excluding hydrogens is 374 g/mol. The molecule has 1 aliphatic carbocycles. The minimum atomic E-state index is -3.75. The molecule has 1 aliphatic heterocycles. The Hall–Kier alpha value is -2.67. The van der Waals surface area contributed by atoms with Crippen molar-refractivity contribution in [3.8, 4) is 0 Å². The van der Waals surface area contributed by atoms with Gasteiger partial charge in [0.2, 0.25) is 5.91 Å². The Labute approximate surface area is 163 Å². The number of hydrogen-bond acceptors (Lipinski definition) is 4. The molecule has 0 saturated heterocycles. The molecule has 0 N–H and O–H groups in total. The number of aromatic nitrogens is 2. The first-order valence-corrected chi connectivity index (χ1v) is 11.0. The molecule has 144 valence electrons. The molecule has 28 heavy (non-hydrogen) atoms. The zero-order valence-corrected chi connectivity index (χ0v) is 16.4. The molecular formula is C21H21N3O3S. The van der Waals surface area contributed by atoms with Gasteiger partial charge in [0.05, 0.1) is 22.2 Å². The number of hydrogen-bond donors (Lipinski definition) is 0. The highest BCUT2D eigenvalue weighted by Crippen LogP contribution is 2.52. The van der Waals surface area contributed by atoms with Gasteiger partial charge in [-0.05, 0) is 31.0 Å². The molecule has 0 radical (unpaired) electrons. The number of amides is 1. The Kier molecular flexibility index (Phi) is 3.68. The second-order valence-electron chi connectivity index (χ2n) is 7.69. The number of carbonyl (C=O) groups is 1. The first-order valence-electron chi connectivity index (χ1n) is 9.56. The lowest BCUT2D eigenvalue weighted by Gasteiger charge is -2.32. The Balaban J connectivity index is 1.76. The maximum absolute atomic E-state index is 13.2. The van der Waals surface area contributed by atoms with Crippen LogP contribution < -0.4 is 4.90 Å². The van der Waals surface area contributed by atoms with Crippen LogP contribution in [0, 0.1) is 0 Å². The number of rotatable bonds is 2. The maximum Gasteiger partial charge on any atom is 0.269 e. The van der Waals surface area contributed by atoms with Crippen LogP contribution >= 0.6 is 0 Å². The molecule has 1 spiro atoms. The van der Waals surface area contributed by atoms with Gasteiger partial charge in [-0.3, -0.25) is 4.79 Å². The van der Waals surface area contributed by atoms with Gasteiger partial charge in [0, 0.05) is 24.2 Å². The maximum atomic E-state index is 13.2. The first kappa shape index (κ1) is 17.4. The van der Waals surface area contributed by atoms with E-state index in [1.807, 2.05) is 0 Å². The SMILES string of the molecule is CN1C(=O)C2(CCCCC2)c2c1cnc1c2ccn1S(=O)(=O)c1ccccc1. The van der Waals surface area contributed by atoms with E-state index in [9.17, 15) is 13.2 Å². The lowest BCUT2D eigenvalue weighted by Crippen LogP contribution is -2.40. The van der Waals surface area contributed by atoms with Crippen molar-refractivity contribution in [3.63, 3.8) is 0 Å². The van der Waals surface area contributed by atoms with E-state index in [4.69, 9.17) is 0 Å². The van der Waals surface area contributed by atoms with E-state index in [-0.39, 0.29) is 10.8 Å². The third-order valence-corrected chi connectivity index (χ3v) is 7.90. The topological polar surface area (TPSA) is 72.3 Å². The second-order valence-corrected chi connectivity index (χ2v) is 9.51. The van der Waals surface area contributed by atoms with Gasteiger partial charge in [0.15, 0.2) is 5.65 Å². The number of likely N-dealkylation sites (N-methyl/N-ethyl adjacent to an activating group) is 1. The molecule has 3 heterocycles. The van der Waals surface area contributed by atoms with Gasteiger partial charge in [-0.1, -0.05) is 37.5 Å². The number of benzene rings is 1. The summed E-state index contributed by atoms with van der Waals surface area (Å²) in [5.74, 6) is 0.107. The van der Waals surface area contributed by atoms with Gasteiger partial charge in [-0.25, -0.2) is 17.4 Å². The van der Waals surface area contributed by atoms with Crippen molar-refractivity contribution < 1.29 is 13.2 Å². The van der Waals surface area contributed by atoms with Crippen molar-refractivity contribution in [2.75, 3.05) is 11.9 Å². The molecule has 1 amide bonds. The van der Waals surface area contributed by atoms with Crippen LogP contribution in [0.4, 0.5) is 5.69 Å². The smallest absolute Gasteiger partial charge is 0.269 e.